The summed E-state index contributed by atoms with van der Waals surface area (Å²) in [7, 11) is 0. The van der Waals surface area contributed by atoms with E-state index in [1.54, 1.807) is 6.07 Å². The molecule has 0 radical (unpaired) electrons. The van der Waals surface area contributed by atoms with E-state index in [9.17, 15) is 14.9 Å². The standard InChI is InChI=1S/C14H19N3O4/c1-4-10(2)11(3)15-16-14(18)9-21-13-8-6-5-7-12(13)17(19)20/h5-8,10H,4,9H2,1-3H3,(H,16,18)/b15-11-/t10-/m0/s1. The number of ether oxygens (including phenoxy) is 1. The van der Waals surface area contributed by atoms with Crippen LogP contribution in [0.25, 0.3) is 0 Å². The predicted octanol–water partition coefficient (Wildman–Crippen LogP) is 2.51. The fourth-order valence-corrected chi connectivity index (χ4v) is 1.46. The molecule has 0 bridgehead atoms. The van der Waals surface area contributed by atoms with Crippen molar-refractivity contribution in [3.8, 4) is 5.75 Å². The lowest BCUT2D eigenvalue weighted by Crippen LogP contribution is -2.26. The molecule has 0 heterocycles. The van der Waals surface area contributed by atoms with Crippen molar-refractivity contribution in [2.75, 3.05) is 6.61 Å². The lowest BCUT2D eigenvalue weighted by Gasteiger charge is -2.08. The Morgan fingerprint density at radius 2 is 2.14 bits per heavy atom. The molecule has 1 rings (SSSR count). The molecule has 0 fully saturated rings. The number of nitro benzene ring substituents is 1. The first kappa shape index (κ1) is 16.6. The number of hydrogen-bond donors (Lipinski definition) is 1. The van der Waals surface area contributed by atoms with Crippen LogP contribution in [0.4, 0.5) is 5.69 Å². The molecule has 1 aromatic rings. The number of amides is 1. The molecule has 7 nitrogen and oxygen atoms in total. The van der Waals surface area contributed by atoms with Gasteiger partial charge in [-0.15, -0.1) is 0 Å². The van der Waals surface area contributed by atoms with Gasteiger partial charge in [-0.2, -0.15) is 5.10 Å². The van der Waals surface area contributed by atoms with Gasteiger partial charge in [0.05, 0.1) is 4.92 Å². The highest BCUT2D eigenvalue weighted by molar-refractivity contribution is 5.86. The molecule has 7 heteroatoms. The van der Waals surface area contributed by atoms with Gasteiger partial charge in [0, 0.05) is 11.8 Å². The van der Waals surface area contributed by atoms with E-state index in [0.29, 0.717) is 0 Å². The highest BCUT2D eigenvalue weighted by Crippen LogP contribution is 2.25. The number of rotatable bonds is 7. The average Bonchev–Trinajstić information content (AvgIpc) is 2.49. The first-order chi connectivity index (χ1) is 9.95. The lowest BCUT2D eigenvalue weighted by molar-refractivity contribution is -0.385. The Morgan fingerprint density at radius 3 is 2.76 bits per heavy atom. The summed E-state index contributed by atoms with van der Waals surface area (Å²) >= 11 is 0. The number of nitrogens with one attached hydrogen (secondary N) is 1. The second-order valence-electron chi connectivity index (χ2n) is 4.61. The smallest absolute Gasteiger partial charge is 0.310 e. The second kappa shape index (κ2) is 7.98. The maximum Gasteiger partial charge on any atom is 0.310 e. The Labute approximate surface area is 123 Å². The van der Waals surface area contributed by atoms with Gasteiger partial charge < -0.3 is 4.74 Å². The fraction of sp³-hybridized carbons (Fsp3) is 0.429. The second-order valence-corrected chi connectivity index (χ2v) is 4.61. The minimum atomic E-state index is -0.557. The van der Waals surface area contributed by atoms with Gasteiger partial charge in [-0.1, -0.05) is 26.0 Å². The summed E-state index contributed by atoms with van der Waals surface area (Å²) in [5, 5.41) is 14.8. The summed E-state index contributed by atoms with van der Waals surface area (Å²) in [4.78, 5) is 21.8. The van der Waals surface area contributed by atoms with Crippen molar-refractivity contribution in [2.24, 2.45) is 11.0 Å². The summed E-state index contributed by atoms with van der Waals surface area (Å²) in [5.41, 5.74) is 3.01. The van der Waals surface area contributed by atoms with Crippen molar-refractivity contribution in [1.82, 2.24) is 5.43 Å². The van der Waals surface area contributed by atoms with E-state index in [0.717, 1.165) is 12.1 Å². The van der Waals surface area contributed by atoms with Crippen molar-refractivity contribution in [3.05, 3.63) is 34.4 Å². The van der Waals surface area contributed by atoms with Crippen LogP contribution in [0.3, 0.4) is 0 Å². The predicted molar refractivity (Wildman–Crippen MR) is 79.3 cm³/mol. The van der Waals surface area contributed by atoms with Crippen LogP contribution >= 0.6 is 0 Å². The molecule has 1 N–H and O–H groups in total. The van der Waals surface area contributed by atoms with Crippen LogP contribution in [0.1, 0.15) is 27.2 Å². The minimum absolute atomic E-state index is 0.0558. The van der Waals surface area contributed by atoms with Gasteiger partial charge in [0.1, 0.15) is 0 Å². The number of nitro groups is 1. The summed E-state index contributed by atoms with van der Waals surface area (Å²) in [5.74, 6) is -0.127. The molecule has 21 heavy (non-hydrogen) atoms. The highest BCUT2D eigenvalue weighted by Gasteiger charge is 2.14. The molecular formula is C14H19N3O4. The molecule has 0 saturated carbocycles. The maximum absolute atomic E-state index is 11.6. The molecular weight excluding hydrogens is 274 g/mol. The zero-order valence-corrected chi connectivity index (χ0v) is 12.3. The van der Waals surface area contributed by atoms with E-state index in [1.807, 2.05) is 20.8 Å². The molecule has 0 spiro atoms. The third-order valence-corrected chi connectivity index (χ3v) is 3.10. The zero-order chi connectivity index (χ0) is 15.8. The van der Waals surface area contributed by atoms with Crippen LogP contribution < -0.4 is 10.2 Å². The minimum Gasteiger partial charge on any atom is -0.477 e. The Balaban J connectivity index is 2.56. The number of benzene rings is 1. The molecule has 114 valence electrons. The van der Waals surface area contributed by atoms with E-state index < -0.39 is 10.8 Å². The van der Waals surface area contributed by atoms with E-state index in [2.05, 4.69) is 10.5 Å². The summed E-state index contributed by atoms with van der Waals surface area (Å²) in [6.07, 6.45) is 0.928. The van der Waals surface area contributed by atoms with Crippen molar-refractivity contribution in [1.29, 1.82) is 0 Å². The van der Waals surface area contributed by atoms with Crippen LogP contribution in [-0.4, -0.2) is 23.1 Å². The van der Waals surface area contributed by atoms with Gasteiger partial charge in [0.2, 0.25) is 0 Å². The monoisotopic (exact) mass is 293 g/mol. The summed E-state index contributed by atoms with van der Waals surface area (Å²) < 4.78 is 5.16. The molecule has 0 saturated heterocycles. The Morgan fingerprint density at radius 1 is 1.48 bits per heavy atom. The average molecular weight is 293 g/mol. The quantitative estimate of drug-likeness (QED) is 0.475. The molecule has 0 aliphatic heterocycles. The third kappa shape index (κ3) is 5.21. The van der Waals surface area contributed by atoms with E-state index >= 15 is 0 Å². The van der Waals surface area contributed by atoms with Gasteiger partial charge in [0.25, 0.3) is 5.91 Å². The number of hydrogen-bond acceptors (Lipinski definition) is 5. The van der Waals surface area contributed by atoms with Gasteiger partial charge in [0.15, 0.2) is 12.4 Å². The van der Waals surface area contributed by atoms with Gasteiger partial charge in [-0.3, -0.25) is 14.9 Å². The topological polar surface area (TPSA) is 93.8 Å². The molecule has 0 aromatic heterocycles. The third-order valence-electron chi connectivity index (χ3n) is 3.10. The molecule has 1 aromatic carbocycles. The lowest BCUT2D eigenvalue weighted by atomic mass is 10.1. The molecule has 0 aliphatic rings. The Bertz CT molecular complexity index is 543. The van der Waals surface area contributed by atoms with Crippen LogP contribution in [0.15, 0.2) is 29.4 Å². The van der Waals surface area contributed by atoms with Gasteiger partial charge in [-0.05, 0) is 25.3 Å². The normalized spacial score (nSPS) is 12.6. The van der Waals surface area contributed by atoms with Crippen LogP contribution in [0, 0.1) is 16.0 Å². The van der Waals surface area contributed by atoms with Crippen molar-refractivity contribution >= 4 is 17.3 Å². The Kier molecular flexibility index (Phi) is 6.32. The van der Waals surface area contributed by atoms with Crippen LogP contribution in [0.2, 0.25) is 0 Å². The Hall–Kier alpha value is -2.44. The number of carbonyl (C=O) groups excluding carboxylic acids is 1. The number of hydrazone groups is 1. The molecule has 1 amide bonds. The summed E-state index contributed by atoms with van der Waals surface area (Å²) in [6, 6.07) is 5.90. The largest absolute Gasteiger partial charge is 0.477 e. The van der Waals surface area contributed by atoms with E-state index in [1.165, 1.54) is 18.2 Å². The molecule has 0 unspecified atom stereocenters. The van der Waals surface area contributed by atoms with Gasteiger partial charge >= 0.3 is 5.69 Å². The number of para-hydroxylation sites is 2. The highest BCUT2D eigenvalue weighted by atomic mass is 16.6. The summed E-state index contributed by atoms with van der Waals surface area (Å²) in [6.45, 7) is 5.54. The zero-order valence-electron chi connectivity index (χ0n) is 12.3. The van der Waals surface area contributed by atoms with Gasteiger partial charge in [-0.25, -0.2) is 5.43 Å². The number of nitrogens with zero attached hydrogens (tertiary/aromatic N) is 2. The van der Waals surface area contributed by atoms with E-state index in [4.69, 9.17) is 4.74 Å². The van der Waals surface area contributed by atoms with Crippen molar-refractivity contribution < 1.29 is 14.5 Å². The van der Waals surface area contributed by atoms with Crippen molar-refractivity contribution in [2.45, 2.75) is 27.2 Å². The fourth-order valence-electron chi connectivity index (χ4n) is 1.46. The number of carbonyl (C=O) groups is 1. The van der Waals surface area contributed by atoms with Crippen LogP contribution in [0.5, 0.6) is 5.75 Å². The first-order valence-electron chi connectivity index (χ1n) is 6.65. The van der Waals surface area contributed by atoms with Crippen LogP contribution in [-0.2, 0) is 4.79 Å². The SMILES string of the molecule is CC[C@H](C)/C(C)=N\NC(=O)COc1ccccc1[N+](=O)[O-]. The molecule has 0 aliphatic carbocycles. The maximum atomic E-state index is 11.6. The molecule has 1 atom stereocenters. The first-order valence-corrected chi connectivity index (χ1v) is 6.65. The van der Waals surface area contributed by atoms with E-state index in [-0.39, 0.29) is 24.0 Å². The van der Waals surface area contributed by atoms with Crippen molar-refractivity contribution in [3.63, 3.8) is 0 Å².